The fourth-order valence-electron chi connectivity index (χ4n) is 3.82. The molecule has 1 heterocycles. The summed E-state index contributed by atoms with van der Waals surface area (Å²) in [5.41, 5.74) is 0.922. The molecule has 0 bridgehead atoms. The van der Waals surface area contributed by atoms with Gasteiger partial charge in [0.05, 0.1) is 31.0 Å². The van der Waals surface area contributed by atoms with Crippen molar-refractivity contribution in [1.29, 1.82) is 0 Å². The van der Waals surface area contributed by atoms with Crippen molar-refractivity contribution in [3.63, 3.8) is 0 Å². The van der Waals surface area contributed by atoms with Gasteiger partial charge in [-0.25, -0.2) is 0 Å². The Morgan fingerprint density at radius 1 is 1.36 bits per heavy atom. The summed E-state index contributed by atoms with van der Waals surface area (Å²) in [5.74, 6) is 0.106. The molecule has 1 saturated carbocycles. The fraction of sp³-hybridized carbons (Fsp3) is 0.579. The van der Waals surface area contributed by atoms with Crippen LogP contribution >= 0.6 is 0 Å². The fourth-order valence-corrected chi connectivity index (χ4v) is 3.82. The highest BCUT2D eigenvalue weighted by molar-refractivity contribution is 5.14. The number of rotatable bonds is 4. The number of hydrogen-bond acceptors (Lipinski definition) is 3. The van der Waals surface area contributed by atoms with Crippen molar-refractivity contribution in [1.82, 2.24) is 0 Å². The van der Waals surface area contributed by atoms with E-state index in [1.54, 1.807) is 0 Å². The Labute approximate surface area is 132 Å². The molecule has 1 aliphatic heterocycles. The second kappa shape index (κ2) is 6.95. The minimum Gasteiger partial charge on any atom is -0.393 e. The summed E-state index contributed by atoms with van der Waals surface area (Å²) in [6.45, 7) is 3.18. The van der Waals surface area contributed by atoms with Gasteiger partial charge in [0, 0.05) is 5.92 Å². The average Bonchev–Trinajstić information content (AvgIpc) is 2.91. The van der Waals surface area contributed by atoms with Crippen LogP contribution in [0.5, 0.6) is 0 Å². The lowest BCUT2D eigenvalue weighted by Gasteiger charge is -2.37. The van der Waals surface area contributed by atoms with Gasteiger partial charge < -0.3 is 14.6 Å². The van der Waals surface area contributed by atoms with Crippen LogP contribution in [0.2, 0.25) is 0 Å². The number of benzene rings is 1. The summed E-state index contributed by atoms with van der Waals surface area (Å²) in [6, 6.07) is 10.3. The van der Waals surface area contributed by atoms with Gasteiger partial charge in [-0.2, -0.15) is 0 Å². The number of hydrogen-bond donors (Lipinski definition) is 1. The molecule has 1 aromatic carbocycles. The third kappa shape index (κ3) is 3.43. The van der Waals surface area contributed by atoms with Crippen LogP contribution in [0.3, 0.4) is 0 Å². The van der Waals surface area contributed by atoms with Gasteiger partial charge in [0.1, 0.15) is 0 Å². The Bertz CT molecular complexity index is 497. The molecule has 1 spiro atoms. The van der Waals surface area contributed by atoms with Crippen molar-refractivity contribution >= 4 is 0 Å². The Kier molecular flexibility index (Phi) is 4.97. The van der Waals surface area contributed by atoms with Gasteiger partial charge in [-0.15, -0.1) is 0 Å². The molecule has 0 amide bonds. The van der Waals surface area contributed by atoms with Crippen LogP contribution in [0.15, 0.2) is 42.5 Å². The SMILES string of the molecule is C[C@H](O)[C@H]1C[C@@H](OCc2ccccc2)CCC[C@]12C=CCO2. The van der Waals surface area contributed by atoms with Crippen molar-refractivity contribution in [3.05, 3.63) is 48.0 Å². The van der Waals surface area contributed by atoms with Crippen LogP contribution in [-0.2, 0) is 16.1 Å². The van der Waals surface area contributed by atoms with E-state index in [-0.39, 0.29) is 23.7 Å². The van der Waals surface area contributed by atoms with E-state index in [2.05, 4.69) is 24.3 Å². The number of aliphatic hydroxyl groups excluding tert-OH is 1. The summed E-state index contributed by atoms with van der Waals surface area (Å²) in [6.07, 6.45) is 8.01. The minimum absolute atomic E-state index is 0.106. The third-order valence-electron chi connectivity index (χ3n) is 5.00. The maximum atomic E-state index is 10.3. The maximum absolute atomic E-state index is 10.3. The van der Waals surface area contributed by atoms with E-state index in [0.29, 0.717) is 13.2 Å². The van der Waals surface area contributed by atoms with Crippen molar-refractivity contribution in [2.45, 2.75) is 57.0 Å². The van der Waals surface area contributed by atoms with E-state index < -0.39 is 0 Å². The van der Waals surface area contributed by atoms with E-state index in [4.69, 9.17) is 9.47 Å². The molecule has 2 aliphatic rings. The van der Waals surface area contributed by atoms with E-state index in [9.17, 15) is 5.11 Å². The highest BCUT2D eigenvalue weighted by Gasteiger charge is 2.44. The molecule has 1 fully saturated rings. The molecule has 0 radical (unpaired) electrons. The first-order valence-corrected chi connectivity index (χ1v) is 8.35. The smallest absolute Gasteiger partial charge is 0.0921 e. The standard InChI is InChI=1S/C19H26O3/c1-15(20)18-13-17(21-14-16-7-3-2-4-8-16)9-5-10-19(18)11-6-12-22-19/h2-4,6-8,11,15,17-18,20H,5,9-10,12-14H2,1H3/t15-,17-,18+,19-/m0/s1. The first kappa shape index (κ1) is 15.7. The molecule has 120 valence electrons. The molecule has 0 aromatic heterocycles. The first-order valence-electron chi connectivity index (χ1n) is 8.35. The van der Waals surface area contributed by atoms with E-state index in [1.165, 1.54) is 5.56 Å². The predicted molar refractivity (Wildman–Crippen MR) is 86.5 cm³/mol. The Morgan fingerprint density at radius 2 is 2.18 bits per heavy atom. The molecule has 3 rings (SSSR count). The highest BCUT2D eigenvalue weighted by Crippen LogP contribution is 2.41. The molecule has 0 unspecified atom stereocenters. The predicted octanol–water partition coefficient (Wildman–Crippen LogP) is 3.47. The molecular weight excluding hydrogens is 276 g/mol. The topological polar surface area (TPSA) is 38.7 Å². The number of ether oxygens (including phenoxy) is 2. The minimum atomic E-state index is -0.385. The van der Waals surface area contributed by atoms with Gasteiger partial charge in [-0.3, -0.25) is 0 Å². The summed E-state index contributed by atoms with van der Waals surface area (Å²) in [7, 11) is 0. The molecule has 3 nitrogen and oxygen atoms in total. The van der Waals surface area contributed by atoms with Crippen molar-refractivity contribution in [3.8, 4) is 0 Å². The molecule has 1 aliphatic carbocycles. The molecule has 3 heteroatoms. The monoisotopic (exact) mass is 302 g/mol. The average molecular weight is 302 g/mol. The molecule has 1 N–H and O–H groups in total. The maximum Gasteiger partial charge on any atom is 0.0921 e. The van der Waals surface area contributed by atoms with E-state index >= 15 is 0 Å². The van der Waals surface area contributed by atoms with Crippen molar-refractivity contribution < 1.29 is 14.6 Å². The summed E-state index contributed by atoms with van der Waals surface area (Å²) in [5, 5.41) is 10.3. The van der Waals surface area contributed by atoms with Gasteiger partial charge >= 0.3 is 0 Å². The first-order chi connectivity index (χ1) is 10.7. The highest BCUT2D eigenvalue weighted by atomic mass is 16.5. The Hall–Kier alpha value is -1.16. The lowest BCUT2D eigenvalue weighted by atomic mass is 9.80. The lowest BCUT2D eigenvalue weighted by molar-refractivity contribution is -0.0801. The zero-order chi connectivity index (χ0) is 15.4. The van der Waals surface area contributed by atoms with Crippen LogP contribution in [0.1, 0.15) is 38.2 Å². The van der Waals surface area contributed by atoms with Gasteiger partial charge in [0.2, 0.25) is 0 Å². The second-order valence-corrected chi connectivity index (χ2v) is 6.56. The summed E-state index contributed by atoms with van der Waals surface area (Å²) in [4.78, 5) is 0. The Balaban J connectivity index is 1.65. The quantitative estimate of drug-likeness (QED) is 0.866. The normalized spacial score (nSPS) is 33.0. The molecule has 0 saturated heterocycles. The van der Waals surface area contributed by atoms with Crippen LogP contribution < -0.4 is 0 Å². The molecular formula is C19H26O3. The molecule has 1 aromatic rings. The van der Waals surface area contributed by atoms with Crippen LogP contribution in [0.25, 0.3) is 0 Å². The van der Waals surface area contributed by atoms with Gasteiger partial charge in [0.15, 0.2) is 0 Å². The number of aliphatic hydroxyl groups is 1. The van der Waals surface area contributed by atoms with Crippen LogP contribution in [0.4, 0.5) is 0 Å². The van der Waals surface area contributed by atoms with Crippen molar-refractivity contribution in [2.24, 2.45) is 5.92 Å². The lowest BCUT2D eigenvalue weighted by Crippen LogP contribution is -2.42. The zero-order valence-corrected chi connectivity index (χ0v) is 13.3. The van der Waals surface area contributed by atoms with Gasteiger partial charge in [-0.05, 0) is 38.2 Å². The summed E-state index contributed by atoms with van der Waals surface area (Å²) < 4.78 is 12.2. The summed E-state index contributed by atoms with van der Waals surface area (Å²) >= 11 is 0. The van der Waals surface area contributed by atoms with Crippen molar-refractivity contribution in [2.75, 3.05) is 6.61 Å². The Morgan fingerprint density at radius 3 is 2.86 bits per heavy atom. The second-order valence-electron chi connectivity index (χ2n) is 6.56. The molecule has 22 heavy (non-hydrogen) atoms. The van der Waals surface area contributed by atoms with Crippen LogP contribution in [-0.4, -0.2) is 29.5 Å². The van der Waals surface area contributed by atoms with Crippen LogP contribution in [0, 0.1) is 5.92 Å². The van der Waals surface area contributed by atoms with E-state index in [1.807, 2.05) is 25.1 Å². The van der Waals surface area contributed by atoms with Gasteiger partial charge in [0.25, 0.3) is 0 Å². The van der Waals surface area contributed by atoms with Gasteiger partial charge in [-0.1, -0.05) is 42.5 Å². The largest absolute Gasteiger partial charge is 0.393 e. The van der Waals surface area contributed by atoms with E-state index in [0.717, 1.165) is 25.7 Å². The molecule has 4 atom stereocenters. The third-order valence-corrected chi connectivity index (χ3v) is 5.00. The zero-order valence-electron chi connectivity index (χ0n) is 13.3.